The SMILES string of the molecule is COc1cccc(Nc2ncnc(Nc3cc(OC)c(OC)c(OC)c3)n2)c1. The fourth-order valence-electron chi connectivity index (χ4n) is 2.53. The van der Waals surface area contributed by atoms with Crippen molar-refractivity contribution in [2.75, 3.05) is 39.1 Å². The molecule has 0 amide bonds. The molecule has 2 aromatic carbocycles. The zero-order valence-electron chi connectivity index (χ0n) is 16.0. The van der Waals surface area contributed by atoms with E-state index in [0.29, 0.717) is 34.8 Å². The molecule has 0 saturated heterocycles. The van der Waals surface area contributed by atoms with Gasteiger partial charge in [-0.3, -0.25) is 0 Å². The van der Waals surface area contributed by atoms with Gasteiger partial charge in [-0.25, -0.2) is 9.97 Å². The fraction of sp³-hybridized carbons (Fsp3) is 0.211. The monoisotopic (exact) mass is 383 g/mol. The van der Waals surface area contributed by atoms with E-state index in [4.69, 9.17) is 18.9 Å². The second-order valence-corrected chi connectivity index (χ2v) is 5.53. The summed E-state index contributed by atoms with van der Waals surface area (Å²) in [4.78, 5) is 12.7. The van der Waals surface area contributed by atoms with Gasteiger partial charge in [-0.05, 0) is 12.1 Å². The molecule has 1 heterocycles. The molecule has 3 aromatic rings. The summed E-state index contributed by atoms with van der Waals surface area (Å²) in [7, 11) is 6.28. The van der Waals surface area contributed by atoms with Crippen molar-refractivity contribution in [2.24, 2.45) is 0 Å². The zero-order valence-corrected chi connectivity index (χ0v) is 16.0. The number of nitrogens with zero attached hydrogens (tertiary/aromatic N) is 3. The molecule has 3 rings (SSSR count). The number of ether oxygens (including phenoxy) is 4. The molecule has 146 valence electrons. The van der Waals surface area contributed by atoms with Crippen LogP contribution in [0.5, 0.6) is 23.0 Å². The quantitative estimate of drug-likeness (QED) is 0.606. The van der Waals surface area contributed by atoms with E-state index in [1.54, 1.807) is 40.6 Å². The Labute approximate surface area is 162 Å². The Morgan fingerprint density at radius 3 is 1.93 bits per heavy atom. The molecule has 0 aliphatic carbocycles. The highest BCUT2D eigenvalue weighted by Crippen LogP contribution is 2.40. The minimum absolute atomic E-state index is 0.356. The first-order chi connectivity index (χ1) is 13.7. The van der Waals surface area contributed by atoms with E-state index >= 15 is 0 Å². The van der Waals surface area contributed by atoms with Crippen LogP contribution in [0.1, 0.15) is 0 Å². The van der Waals surface area contributed by atoms with Gasteiger partial charge in [0, 0.05) is 29.6 Å². The van der Waals surface area contributed by atoms with E-state index in [0.717, 1.165) is 11.4 Å². The van der Waals surface area contributed by atoms with Gasteiger partial charge in [-0.15, -0.1) is 0 Å². The number of methoxy groups -OCH3 is 4. The van der Waals surface area contributed by atoms with Crippen LogP contribution in [-0.2, 0) is 0 Å². The standard InChI is InChI=1S/C19H21N5O4/c1-25-14-7-5-6-12(8-14)22-18-20-11-21-19(24-18)23-13-9-15(26-2)17(28-4)16(10-13)27-3/h5-11H,1-4H3,(H2,20,21,22,23,24). The summed E-state index contributed by atoms with van der Waals surface area (Å²) in [5, 5.41) is 6.23. The van der Waals surface area contributed by atoms with Gasteiger partial charge in [0.1, 0.15) is 12.1 Å². The second kappa shape index (κ2) is 8.76. The van der Waals surface area contributed by atoms with Gasteiger partial charge in [0.2, 0.25) is 17.6 Å². The Hall–Kier alpha value is -3.75. The number of hydrogen-bond acceptors (Lipinski definition) is 9. The Kier molecular flexibility index (Phi) is 5.95. The minimum Gasteiger partial charge on any atom is -0.497 e. The van der Waals surface area contributed by atoms with Gasteiger partial charge in [-0.2, -0.15) is 4.98 Å². The van der Waals surface area contributed by atoms with Crippen molar-refractivity contribution in [1.82, 2.24) is 15.0 Å². The molecule has 0 atom stereocenters. The second-order valence-electron chi connectivity index (χ2n) is 5.53. The molecule has 1 aromatic heterocycles. The topological polar surface area (TPSA) is 99.7 Å². The van der Waals surface area contributed by atoms with Crippen LogP contribution in [0, 0.1) is 0 Å². The summed E-state index contributed by atoms with van der Waals surface area (Å²) in [6, 6.07) is 11.0. The molecule has 0 spiro atoms. The van der Waals surface area contributed by atoms with Gasteiger partial charge < -0.3 is 29.6 Å². The Balaban J connectivity index is 1.83. The van der Waals surface area contributed by atoms with Crippen LogP contribution >= 0.6 is 0 Å². The Bertz CT molecular complexity index is 926. The molecule has 0 unspecified atom stereocenters. The summed E-state index contributed by atoms with van der Waals surface area (Å²) in [6.45, 7) is 0. The van der Waals surface area contributed by atoms with E-state index in [1.165, 1.54) is 6.33 Å². The third kappa shape index (κ3) is 4.32. The highest BCUT2D eigenvalue weighted by atomic mass is 16.5. The molecule has 0 saturated carbocycles. The van der Waals surface area contributed by atoms with Crippen molar-refractivity contribution in [2.45, 2.75) is 0 Å². The first-order valence-corrected chi connectivity index (χ1v) is 8.34. The Morgan fingerprint density at radius 2 is 1.36 bits per heavy atom. The lowest BCUT2D eigenvalue weighted by molar-refractivity contribution is 0.324. The highest BCUT2D eigenvalue weighted by molar-refractivity contribution is 5.66. The first-order valence-electron chi connectivity index (χ1n) is 8.34. The molecule has 0 aliphatic rings. The van der Waals surface area contributed by atoms with Crippen molar-refractivity contribution < 1.29 is 18.9 Å². The van der Waals surface area contributed by atoms with E-state index < -0.39 is 0 Å². The number of anilines is 4. The number of hydrogen-bond donors (Lipinski definition) is 2. The molecule has 9 heteroatoms. The molecule has 0 radical (unpaired) electrons. The predicted molar refractivity (Wildman–Crippen MR) is 105 cm³/mol. The highest BCUT2D eigenvalue weighted by Gasteiger charge is 2.14. The normalized spacial score (nSPS) is 10.1. The minimum atomic E-state index is 0.356. The van der Waals surface area contributed by atoms with E-state index in [2.05, 4.69) is 25.6 Å². The fourth-order valence-corrected chi connectivity index (χ4v) is 2.53. The van der Waals surface area contributed by atoms with Gasteiger partial charge in [0.15, 0.2) is 11.5 Å². The maximum atomic E-state index is 5.36. The lowest BCUT2D eigenvalue weighted by Gasteiger charge is -2.14. The van der Waals surface area contributed by atoms with Gasteiger partial charge in [-0.1, -0.05) is 6.07 Å². The molecule has 0 bridgehead atoms. The number of rotatable bonds is 8. The summed E-state index contributed by atoms with van der Waals surface area (Å²) in [6.07, 6.45) is 1.41. The lowest BCUT2D eigenvalue weighted by Crippen LogP contribution is -2.03. The van der Waals surface area contributed by atoms with Crippen LogP contribution in [0.4, 0.5) is 23.3 Å². The van der Waals surface area contributed by atoms with E-state index in [9.17, 15) is 0 Å². The van der Waals surface area contributed by atoms with Gasteiger partial charge in [0.25, 0.3) is 0 Å². The zero-order chi connectivity index (χ0) is 19.9. The average molecular weight is 383 g/mol. The molecule has 0 aliphatic heterocycles. The number of nitrogens with one attached hydrogen (secondary N) is 2. The molecule has 0 fully saturated rings. The van der Waals surface area contributed by atoms with Crippen molar-refractivity contribution in [3.05, 3.63) is 42.7 Å². The van der Waals surface area contributed by atoms with Crippen LogP contribution in [0.3, 0.4) is 0 Å². The molecule has 2 N–H and O–H groups in total. The van der Waals surface area contributed by atoms with Crippen molar-refractivity contribution >= 4 is 23.3 Å². The third-order valence-electron chi connectivity index (χ3n) is 3.82. The largest absolute Gasteiger partial charge is 0.497 e. The van der Waals surface area contributed by atoms with Crippen LogP contribution in [-0.4, -0.2) is 43.4 Å². The maximum absolute atomic E-state index is 5.36. The number of benzene rings is 2. The lowest BCUT2D eigenvalue weighted by atomic mass is 10.2. The van der Waals surface area contributed by atoms with Crippen LogP contribution < -0.4 is 29.6 Å². The van der Waals surface area contributed by atoms with Crippen LogP contribution in [0.25, 0.3) is 0 Å². The summed E-state index contributed by atoms with van der Waals surface area (Å²) in [5.41, 5.74) is 1.47. The molecule has 28 heavy (non-hydrogen) atoms. The third-order valence-corrected chi connectivity index (χ3v) is 3.82. The van der Waals surface area contributed by atoms with Crippen molar-refractivity contribution in [3.8, 4) is 23.0 Å². The average Bonchev–Trinajstić information content (AvgIpc) is 2.73. The first kappa shape index (κ1) is 19.0. The smallest absolute Gasteiger partial charge is 0.232 e. The van der Waals surface area contributed by atoms with E-state index in [-0.39, 0.29) is 0 Å². The van der Waals surface area contributed by atoms with Gasteiger partial charge in [0.05, 0.1) is 28.4 Å². The Morgan fingerprint density at radius 1 is 0.714 bits per heavy atom. The summed E-state index contributed by atoms with van der Waals surface area (Å²) in [5.74, 6) is 3.02. The summed E-state index contributed by atoms with van der Waals surface area (Å²) >= 11 is 0. The molecular formula is C19H21N5O4. The maximum Gasteiger partial charge on any atom is 0.232 e. The van der Waals surface area contributed by atoms with Crippen molar-refractivity contribution in [1.29, 1.82) is 0 Å². The van der Waals surface area contributed by atoms with E-state index in [1.807, 2.05) is 24.3 Å². The number of aromatic nitrogens is 3. The van der Waals surface area contributed by atoms with Crippen LogP contribution in [0.2, 0.25) is 0 Å². The van der Waals surface area contributed by atoms with Crippen LogP contribution in [0.15, 0.2) is 42.7 Å². The molecular weight excluding hydrogens is 362 g/mol. The predicted octanol–water partition coefficient (Wildman–Crippen LogP) is 3.39. The molecule has 9 nitrogen and oxygen atoms in total. The van der Waals surface area contributed by atoms with Gasteiger partial charge >= 0.3 is 0 Å². The van der Waals surface area contributed by atoms with Crippen molar-refractivity contribution in [3.63, 3.8) is 0 Å². The summed E-state index contributed by atoms with van der Waals surface area (Å²) < 4.78 is 21.3.